The van der Waals surface area contributed by atoms with E-state index in [-0.39, 0.29) is 10.7 Å². The quantitative estimate of drug-likeness (QED) is 0.505. The molecule has 0 aliphatic rings. The number of sulfonamides is 1. The molecule has 1 heterocycles. The van der Waals surface area contributed by atoms with Crippen LogP contribution in [0.3, 0.4) is 0 Å². The normalized spacial score (nSPS) is 12.0. The zero-order chi connectivity index (χ0) is 21.8. The van der Waals surface area contributed by atoms with Crippen LogP contribution in [-0.4, -0.2) is 25.2 Å². The minimum Gasteiger partial charge on any atom is -0.493 e. The number of halogens is 4. The molecular formula is C18H15ClF3N3O3S2. The highest BCUT2D eigenvalue weighted by Gasteiger charge is 2.30. The van der Waals surface area contributed by atoms with Gasteiger partial charge in [-0.25, -0.2) is 8.42 Å². The minimum absolute atomic E-state index is 0.0726. The average molecular weight is 478 g/mol. The molecular weight excluding hydrogens is 463 g/mol. The molecule has 0 aliphatic carbocycles. The van der Waals surface area contributed by atoms with Gasteiger partial charge in [-0.05, 0) is 42.0 Å². The molecule has 160 valence electrons. The van der Waals surface area contributed by atoms with E-state index in [1.165, 1.54) is 0 Å². The predicted octanol–water partition coefficient (Wildman–Crippen LogP) is 4.77. The molecule has 3 rings (SSSR count). The summed E-state index contributed by atoms with van der Waals surface area (Å²) < 4.78 is 70.1. The van der Waals surface area contributed by atoms with Gasteiger partial charge in [0.25, 0.3) is 0 Å². The van der Waals surface area contributed by atoms with Crippen molar-refractivity contribution in [1.29, 1.82) is 0 Å². The van der Waals surface area contributed by atoms with Gasteiger partial charge in [-0.1, -0.05) is 35.1 Å². The van der Waals surface area contributed by atoms with Crippen LogP contribution in [0.5, 0.6) is 5.75 Å². The molecule has 0 bridgehead atoms. The van der Waals surface area contributed by atoms with Crippen molar-refractivity contribution >= 4 is 38.1 Å². The summed E-state index contributed by atoms with van der Waals surface area (Å²) in [7, 11) is -3.86. The number of benzene rings is 2. The third-order valence-electron chi connectivity index (χ3n) is 3.75. The van der Waals surface area contributed by atoms with Gasteiger partial charge < -0.3 is 4.74 Å². The second-order valence-electron chi connectivity index (χ2n) is 6.11. The number of nitrogens with one attached hydrogen (secondary N) is 1. The molecule has 0 saturated heterocycles. The molecule has 0 radical (unpaired) electrons. The number of aromatic nitrogens is 2. The summed E-state index contributed by atoms with van der Waals surface area (Å²) >= 11 is 6.85. The summed E-state index contributed by atoms with van der Waals surface area (Å²) in [5.74, 6) is 0.154. The summed E-state index contributed by atoms with van der Waals surface area (Å²) in [6.45, 7) is 0.314. The van der Waals surface area contributed by atoms with Crippen molar-refractivity contribution in [3.63, 3.8) is 0 Å². The van der Waals surface area contributed by atoms with E-state index in [9.17, 15) is 21.6 Å². The largest absolute Gasteiger partial charge is 0.493 e. The van der Waals surface area contributed by atoms with Crippen LogP contribution in [-0.2, 0) is 28.4 Å². The first-order valence-electron chi connectivity index (χ1n) is 8.48. The van der Waals surface area contributed by atoms with Crippen molar-refractivity contribution in [2.45, 2.75) is 18.3 Å². The van der Waals surface area contributed by atoms with Gasteiger partial charge in [-0.3, -0.25) is 4.72 Å². The van der Waals surface area contributed by atoms with Gasteiger partial charge >= 0.3 is 6.18 Å². The Morgan fingerprint density at radius 2 is 1.70 bits per heavy atom. The second-order valence-corrected chi connectivity index (χ2v) is 9.33. The molecule has 0 aliphatic heterocycles. The summed E-state index contributed by atoms with van der Waals surface area (Å²) in [5, 5.41) is 8.93. The van der Waals surface area contributed by atoms with Crippen LogP contribution in [0.15, 0.2) is 48.5 Å². The SMILES string of the molecule is O=S(=O)(Cc1ccc(C(F)(F)F)cc1)Nc1nnc(CCOc2ccc(Cl)cc2)s1. The van der Waals surface area contributed by atoms with Crippen LogP contribution in [0.1, 0.15) is 16.1 Å². The molecule has 3 aromatic rings. The molecule has 0 unspecified atom stereocenters. The Balaban J connectivity index is 1.53. The smallest absolute Gasteiger partial charge is 0.416 e. The van der Waals surface area contributed by atoms with E-state index in [1.807, 2.05) is 0 Å². The third-order valence-corrected chi connectivity index (χ3v) is 6.24. The number of anilines is 1. The van der Waals surface area contributed by atoms with E-state index in [1.54, 1.807) is 24.3 Å². The van der Waals surface area contributed by atoms with E-state index >= 15 is 0 Å². The summed E-state index contributed by atoms with van der Waals surface area (Å²) in [6.07, 6.45) is -4.06. The van der Waals surface area contributed by atoms with Gasteiger partial charge in [0, 0.05) is 11.4 Å². The van der Waals surface area contributed by atoms with Crippen LogP contribution >= 0.6 is 22.9 Å². The Bertz CT molecular complexity index is 1090. The maximum absolute atomic E-state index is 12.6. The predicted molar refractivity (Wildman–Crippen MR) is 108 cm³/mol. The van der Waals surface area contributed by atoms with Crippen molar-refractivity contribution in [3.05, 3.63) is 69.7 Å². The lowest BCUT2D eigenvalue weighted by molar-refractivity contribution is -0.137. The van der Waals surface area contributed by atoms with Gasteiger partial charge in [-0.2, -0.15) is 13.2 Å². The number of rotatable bonds is 8. The van der Waals surface area contributed by atoms with Crippen molar-refractivity contribution in [2.75, 3.05) is 11.3 Å². The molecule has 1 N–H and O–H groups in total. The van der Waals surface area contributed by atoms with E-state index in [0.717, 1.165) is 35.6 Å². The number of ether oxygens (including phenoxy) is 1. The molecule has 6 nitrogen and oxygen atoms in total. The Morgan fingerprint density at radius 1 is 1.03 bits per heavy atom. The van der Waals surface area contributed by atoms with Gasteiger partial charge in [0.05, 0.1) is 17.9 Å². The lowest BCUT2D eigenvalue weighted by Crippen LogP contribution is -2.15. The molecule has 0 saturated carbocycles. The average Bonchev–Trinajstić information content (AvgIpc) is 3.09. The fourth-order valence-electron chi connectivity index (χ4n) is 2.36. The lowest BCUT2D eigenvalue weighted by Gasteiger charge is -2.08. The van der Waals surface area contributed by atoms with Crippen molar-refractivity contribution in [1.82, 2.24) is 10.2 Å². The monoisotopic (exact) mass is 477 g/mol. The third kappa shape index (κ3) is 6.57. The number of nitrogens with zero attached hydrogens (tertiary/aromatic N) is 2. The van der Waals surface area contributed by atoms with Crippen molar-refractivity contribution < 1.29 is 26.3 Å². The van der Waals surface area contributed by atoms with Crippen LogP contribution in [0.4, 0.5) is 18.3 Å². The molecule has 30 heavy (non-hydrogen) atoms. The fourth-order valence-corrected chi connectivity index (χ4v) is 4.62. The van der Waals surface area contributed by atoms with Crippen LogP contribution < -0.4 is 9.46 Å². The van der Waals surface area contributed by atoms with Crippen LogP contribution in [0, 0.1) is 0 Å². The first-order valence-corrected chi connectivity index (χ1v) is 11.3. The highest BCUT2D eigenvalue weighted by Crippen LogP contribution is 2.29. The molecule has 0 amide bonds. The lowest BCUT2D eigenvalue weighted by atomic mass is 10.1. The zero-order valence-electron chi connectivity index (χ0n) is 15.2. The second kappa shape index (κ2) is 9.19. The highest BCUT2D eigenvalue weighted by atomic mass is 35.5. The molecule has 2 aromatic carbocycles. The molecule has 12 heteroatoms. The Labute approximate surface area is 179 Å². The van der Waals surface area contributed by atoms with Gasteiger partial charge in [0.2, 0.25) is 15.2 Å². The van der Waals surface area contributed by atoms with Crippen molar-refractivity contribution in [3.8, 4) is 5.75 Å². The Hall–Kier alpha value is -2.37. The summed E-state index contributed by atoms with van der Waals surface area (Å²) in [6, 6.07) is 10.8. The Morgan fingerprint density at radius 3 is 2.33 bits per heavy atom. The maximum Gasteiger partial charge on any atom is 0.416 e. The Kier molecular flexibility index (Phi) is 6.84. The molecule has 0 atom stereocenters. The number of hydrogen-bond donors (Lipinski definition) is 1. The first kappa shape index (κ1) is 22.3. The van der Waals surface area contributed by atoms with Crippen LogP contribution in [0.25, 0.3) is 0 Å². The topological polar surface area (TPSA) is 81.2 Å². The minimum atomic E-state index is -4.48. The molecule has 0 fully saturated rings. The van der Waals surface area contributed by atoms with Gasteiger partial charge in [-0.15, -0.1) is 10.2 Å². The zero-order valence-corrected chi connectivity index (χ0v) is 17.6. The van der Waals surface area contributed by atoms with Crippen molar-refractivity contribution in [2.24, 2.45) is 0 Å². The maximum atomic E-state index is 12.6. The van der Waals surface area contributed by atoms with E-state index in [0.29, 0.717) is 28.8 Å². The van der Waals surface area contributed by atoms with Crippen LogP contribution in [0.2, 0.25) is 5.02 Å². The number of alkyl halides is 3. The van der Waals surface area contributed by atoms with E-state index in [4.69, 9.17) is 16.3 Å². The van der Waals surface area contributed by atoms with E-state index < -0.39 is 27.5 Å². The standard InChI is InChI=1S/C18H15ClF3N3O3S2/c19-14-5-7-15(8-6-14)28-10-9-16-23-24-17(29-16)25-30(26,27)11-12-1-3-13(4-2-12)18(20,21)22/h1-8H,9-11H2,(H,24,25). The summed E-state index contributed by atoms with van der Waals surface area (Å²) in [4.78, 5) is 0. The molecule has 0 spiro atoms. The van der Waals surface area contributed by atoms with Gasteiger partial charge in [0.1, 0.15) is 10.8 Å². The molecule has 1 aromatic heterocycles. The fraction of sp³-hybridized carbons (Fsp3) is 0.222. The van der Waals surface area contributed by atoms with E-state index in [2.05, 4.69) is 14.9 Å². The van der Waals surface area contributed by atoms with Gasteiger partial charge in [0.15, 0.2) is 0 Å². The summed E-state index contributed by atoms with van der Waals surface area (Å²) in [5.41, 5.74) is -0.622. The number of hydrogen-bond acceptors (Lipinski definition) is 6. The first-order chi connectivity index (χ1) is 14.1. The highest BCUT2D eigenvalue weighted by molar-refractivity contribution is 7.92.